The molecular formula is C17H19BrFNO. The standard InChI is InChI=1S/C17H19BrFNO/c1-11-6-4-8-13(16(11)18)14(20-2)10-12-7-5-9-15(21-3)17(12)19/h4-9,14,20H,10H2,1-3H3. The van der Waals surface area contributed by atoms with Gasteiger partial charge in [0.2, 0.25) is 0 Å². The van der Waals surface area contributed by atoms with Gasteiger partial charge in [-0.05, 0) is 43.1 Å². The third-order valence-corrected chi connectivity index (χ3v) is 4.72. The highest BCUT2D eigenvalue weighted by Gasteiger charge is 2.17. The molecule has 1 N–H and O–H groups in total. The van der Waals surface area contributed by atoms with Crippen molar-refractivity contribution in [2.75, 3.05) is 14.2 Å². The Balaban J connectivity index is 2.34. The Morgan fingerprint density at radius 1 is 1.24 bits per heavy atom. The van der Waals surface area contributed by atoms with E-state index in [1.54, 1.807) is 12.1 Å². The summed E-state index contributed by atoms with van der Waals surface area (Å²) in [5.74, 6) is -0.00492. The summed E-state index contributed by atoms with van der Waals surface area (Å²) < 4.78 is 20.4. The fourth-order valence-corrected chi connectivity index (χ4v) is 2.94. The number of benzene rings is 2. The second-order valence-corrected chi connectivity index (χ2v) is 5.75. The second kappa shape index (κ2) is 7.05. The summed E-state index contributed by atoms with van der Waals surface area (Å²) in [4.78, 5) is 0. The highest BCUT2D eigenvalue weighted by atomic mass is 79.9. The molecule has 0 saturated carbocycles. The zero-order chi connectivity index (χ0) is 15.4. The van der Waals surface area contributed by atoms with Crippen LogP contribution in [-0.4, -0.2) is 14.2 Å². The predicted molar refractivity (Wildman–Crippen MR) is 87.3 cm³/mol. The maximum atomic E-state index is 14.3. The molecule has 0 radical (unpaired) electrons. The van der Waals surface area contributed by atoms with E-state index in [4.69, 9.17) is 4.74 Å². The number of likely N-dealkylation sites (N-methyl/N-ethyl adjacent to an activating group) is 1. The van der Waals surface area contributed by atoms with Crippen molar-refractivity contribution in [1.29, 1.82) is 0 Å². The Labute approximate surface area is 133 Å². The molecule has 0 fully saturated rings. The molecular weight excluding hydrogens is 333 g/mol. The van der Waals surface area contributed by atoms with E-state index in [2.05, 4.69) is 27.3 Å². The minimum atomic E-state index is -0.288. The van der Waals surface area contributed by atoms with Gasteiger partial charge in [-0.3, -0.25) is 0 Å². The first-order valence-electron chi connectivity index (χ1n) is 6.82. The van der Waals surface area contributed by atoms with Crippen molar-refractivity contribution in [3.63, 3.8) is 0 Å². The van der Waals surface area contributed by atoms with Gasteiger partial charge in [-0.25, -0.2) is 4.39 Å². The van der Waals surface area contributed by atoms with Gasteiger partial charge in [0.1, 0.15) is 0 Å². The van der Waals surface area contributed by atoms with Crippen molar-refractivity contribution in [3.8, 4) is 5.75 Å². The maximum Gasteiger partial charge on any atom is 0.168 e. The van der Waals surface area contributed by atoms with Crippen LogP contribution < -0.4 is 10.1 Å². The molecule has 4 heteroatoms. The number of nitrogens with one attached hydrogen (secondary N) is 1. The first kappa shape index (κ1) is 16.0. The van der Waals surface area contributed by atoms with Gasteiger partial charge in [-0.15, -0.1) is 0 Å². The molecule has 0 aliphatic rings. The lowest BCUT2D eigenvalue weighted by molar-refractivity contribution is 0.383. The van der Waals surface area contributed by atoms with E-state index < -0.39 is 0 Å². The quantitative estimate of drug-likeness (QED) is 0.861. The number of halogens is 2. The lowest BCUT2D eigenvalue weighted by atomic mass is 9.97. The summed E-state index contributed by atoms with van der Waals surface area (Å²) in [7, 11) is 3.37. The minimum Gasteiger partial charge on any atom is -0.494 e. The number of hydrogen-bond donors (Lipinski definition) is 1. The Kier molecular flexibility index (Phi) is 5.37. The van der Waals surface area contributed by atoms with E-state index in [0.717, 1.165) is 10.0 Å². The SMILES string of the molecule is CNC(Cc1cccc(OC)c1F)c1cccc(C)c1Br. The van der Waals surface area contributed by atoms with E-state index in [1.807, 2.05) is 32.2 Å². The Hall–Kier alpha value is -1.39. The van der Waals surface area contributed by atoms with Gasteiger partial charge in [0.05, 0.1) is 7.11 Å². The molecule has 0 saturated heterocycles. The van der Waals surface area contributed by atoms with Crippen LogP contribution in [-0.2, 0) is 6.42 Å². The van der Waals surface area contributed by atoms with Crippen molar-refractivity contribution in [2.45, 2.75) is 19.4 Å². The van der Waals surface area contributed by atoms with Crippen LogP contribution in [0.3, 0.4) is 0 Å². The highest BCUT2D eigenvalue weighted by molar-refractivity contribution is 9.10. The first-order chi connectivity index (χ1) is 10.1. The van der Waals surface area contributed by atoms with Crippen LogP contribution in [0.2, 0.25) is 0 Å². The molecule has 0 amide bonds. The number of aryl methyl sites for hydroxylation is 1. The molecule has 0 heterocycles. The number of rotatable bonds is 5. The molecule has 0 aromatic heterocycles. The lowest BCUT2D eigenvalue weighted by Crippen LogP contribution is -2.20. The molecule has 2 aromatic carbocycles. The van der Waals surface area contributed by atoms with Gasteiger partial charge in [0.15, 0.2) is 11.6 Å². The Morgan fingerprint density at radius 3 is 2.62 bits per heavy atom. The van der Waals surface area contributed by atoms with Crippen LogP contribution in [0.15, 0.2) is 40.9 Å². The second-order valence-electron chi connectivity index (χ2n) is 4.96. The van der Waals surface area contributed by atoms with E-state index in [1.165, 1.54) is 12.7 Å². The fraction of sp³-hybridized carbons (Fsp3) is 0.294. The zero-order valence-corrected chi connectivity index (χ0v) is 14.0. The molecule has 1 unspecified atom stereocenters. The van der Waals surface area contributed by atoms with E-state index in [9.17, 15) is 4.39 Å². The van der Waals surface area contributed by atoms with E-state index >= 15 is 0 Å². The molecule has 2 rings (SSSR count). The van der Waals surface area contributed by atoms with Gasteiger partial charge >= 0.3 is 0 Å². The topological polar surface area (TPSA) is 21.3 Å². The molecule has 1 atom stereocenters. The normalized spacial score (nSPS) is 12.2. The zero-order valence-electron chi connectivity index (χ0n) is 12.4. The summed E-state index contributed by atoms with van der Waals surface area (Å²) >= 11 is 3.62. The van der Waals surface area contributed by atoms with Crippen LogP contribution in [0.4, 0.5) is 4.39 Å². The average molecular weight is 352 g/mol. The third kappa shape index (κ3) is 3.44. The van der Waals surface area contributed by atoms with Gasteiger partial charge in [-0.2, -0.15) is 0 Å². The maximum absolute atomic E-state index is 14.3. The monoisotopic (exact) mass is 351 g/mol. The van der Waals surface area contributed by atoms with E-state index in [-0.39, 0.29) is 17.6 Å². The van der Waals surface area contributed by atoms with Gasteiger partial charge in [0, 0.05) is 10.5 Å². The largest absolute Gasteiger partial charge is 0.494 e. The predicted octanol–water partition coefficient (Wildman–Crippen LogP) is 4.41. The van der Waals surface area contributed by atoms with Crippen molar-refractivity contribution >= 4 is 15.9 Å². The first-order valence-corrected chi connectivity index (χ1v) is 7.61. The fourth-order valence-electron chi connectivity index (χ4n) is 2.40. The molecule has 0 aliphatic carbocycles. The molecule has 0 aliphatic heterocycles. The van der Waals surface area contributed by atoms with E-state index in [0.29, 0.717) is 12.0 Å². The third-order valence-electron chi connectivity index (χ3n) is 3.63. The lowest BCUT2D eigenvalue weighted by Gasteiger charge is -2.20. The van der Waals surface area contributed by atoms with Crippen LogP contribution in [0.1, 0.15) is 22.7 Å². The molecule has 0 spiro atoms. The van der Waals surface area contributed by atoms with Crippen LogP contribution >= 0.6 is 15.9 Å². The molecule has 0 bridgehead atoms. The number of methoxy groups -OCH3 is 1. The van der Waals surface area contributed by atoms with Crippen molar-refractivity contribution in [1.82, 2.24) is 5.32 Å². The molecule has 21 heavy (non-hydrogen) atoms. The Morgan fingerprint density at radius 2 is 1.95 bits per heavy atom. The van der Waals surface area contributed by atoms with Gasteiger partial charge in [-0.1, -0.05) is 46.3 Å². The van der Waals surface area contributed by atoms with Gasteiger partial charge in [0.25, 0.3) is 0 Å². The molecule has 2 nitrogen and oxygen atoms in total. The minimum absolute atomic E-state index is 0.0286. The van der Waals surface area contributed by atoms with Crippen LogP contribution in [0, 0.1) is 12.7 Å². The summed E-state index contributed by atoms with van der Waals surface area (Å²) in [6, 6.07) is 11.4. The number of ether oxygens (including phenoxy) is 1. The summed E-state index contributed by atoms with van der Waals surface area (Å²) in [6.07, 6.45) is 0.557. The summed E-state index contributed by atoms with van der Waals surface area (Å²) in [5, 5.41) is 3.26. The summed E-state index contributed by atoms with van der Waals surface area (Å²) in [5.41, 5.74) is 2.93. The highest BCUT2D eigenvalue weighted by Crippen LogP contribution is 2.30. The molecule has 112 valence electrons. The van der Waals surface area contributed by atoms with Crippen LogP contribution in [0.25, 0.3) is 0 Å². The van der Waals surface area contributed by atoms with Crippen molar-refractivity contribution in [3.05, 3.63) is 63.4 Å². The van der Waals surface area contributed by atoms with Gasteiger partial charge < -0.3 is 10.1 Å². The average Bonchev–Trinajstić information content (AvgIpc) is 2.49. The Bertz CT molecular complexity index is 630. The molecule has 2 aromatic rings. The number of hydrogen-bond acceptors (Lipinski definition) is 2. The van der Waals surface area contributed by atoms with Crippen molar-refractivity contribution < 1.29 is 9.13 Å². The summed E-state index contributed by atoms with van der Waals surface area (Å²) in [6.45, 7) is 2.05. The van der Waals surface area contributed by atoms with Crippen LogP contribution in [0.5, 0.6) is 5.75 Å². The van der Waals surface area contributed by atoms with Crippen molar-refractivity contribution in [2.24, 2.45) is 0 Å². The smallest absolute Gasteiger partial charge is 0.168 e.